The lowest BCUT2D eigenvalue weighted by atomic mass is 10.2. The van der Waals surface area contributed by atoms with E-state index >= 15 is 0 Å². The van der Waals surface area contributed by atoms with Gasteiger partial charge < -0.3 is 15.0 Å². The van der Waals surface area contributed by atoms with E-state index in [1.807, 2.05) is 0 Å². The minimum absolute atomic E-state index is 0.766. The predicted molar refractivity (Wildman–Crippen MR) is 82.9 cm³/mol. The van der Waals surface area contributed by atoms with E-state index in [1.54, 1.807) is 7.11 Å². The summed E-state index contributed by atoms with van der Waals surface area (Å²) in [4.78, 5) is 2.30. The van der Waals surface area contributed by atoms with E-state index in [9.17, 15) is 0 Å². The fraction of sp³-hybridized carbons (Fsp3) is 0.538. The highest BCUT2D eigenvalue weighted by atomic mass is 79.9. The van der Waals surface area contributed by atoms with Crippen molar-refractivity contribution in [1.29, 1.82) is 0 Å². The van der Waals surface area contributed by atoms with Gasteiger partial charge in [0.05, 0.1) is 6.61 Å². The number of hydrogen-bond donors (Lipinski definition) is 1. The van der Waals surface area contributed by atoms with Crippen LogP contribution in [0.2, 0.25) is 0 Å². The van der Waals surface area contributed by atoms with Crippen molar-refractivity contribution < 1.29 is 4.74 Å². The Labute approximate surface area is 126 Å². The molecule has 0 fully saturated rings. The van der Waals surface area contributed by atoms with Crippen LogP contribution < -0.4 is 5.32 Å². The number of likely N-dealkylation sites (N-methyl/N-ethyl adjacent to an activating group) is 1. The van der Waals surface area contributed by atoms with Crippen molar-refractivity contribution in [2.45, 2.75) is 6.54 Å². The third-order valence-electron chi connectivity index (χ3n) is 2.53. The summed E-state index contributed by atoms with van der Waals surface area (Å²) >= 11 is 7.02. The molecular weight excluding hydrogens is 360 g/mol. The molecular formula is C13H20Br2N2O. The molecule has 1 aromatic rings. The number of benzene rings is 1. The molecule has 0 saturated carbocycles. The molecule has 0 spiro atoms. The third-order valence-corrected chi connectivity index (χ3v) is 3.44. The third kappa shape index (κ3) is 6.85. The average molecular weight is 380 g/mol. The number of halogens is 2. The van der Waals surface area contributed by atoms with Crippen LogP contribution in [0.25, 0.3) is 0 Å². The molecule has 0 aliphatic rings. The Morgan fingerprint density at radius 1 is 1.17 bits per heavy atom. The van der Waals surface area contributed by atoms with Crippen LogP contribution in [0.4, 0.5) is 0 Å². The monoisotopic (exact) mass is 378 g/mol. The molecule has 0 radical (unpaired) electrons. The van der Waals surface area contributed by atoms with Gasteiger partial charge in [-0.3, -0.25) is 0 Å². The maximum atomic E-state index is 4.98. The van der Waals surface area contributed by atoms with Crippen LogP contribution >= 0.6 is 31.9 Å². The standard InChI is InChI=1S/C13H20Br2N2O/c1-17(5-3-16-4-6-18-2)10-11-7-12(14)9-13(15)8-11/h7-9,16H,3-6,10H2,1-2H3. The molecule has 0 amide bonds. The number of nitrogens with zero attached hydrogens (tertiary/aromatic N) is 1. The van der Waals surface area contributed by atoms with Crippen LogP contribution in [0.3, 0.4) is 0 Å². The zero-order valence-electron chi connectivity index (χ0n) is 10.9. The first-order chi connectivity index (χ1) is 8.61. The van der Waals surface area contributed by atoms with Gasteiger partial charge >= 0.3 is 0 Å². The lowest BCUT2D eigenvalue weighted by Gasteiger charge is -2.17. The molecule has 0 atom stereocenters. The minimum Gasteiger partial charge on any atom is -0.383 e. The van der Waals surface area contributed by atoms with Gasteiger partial charge in [0.15, 0.2) is 0 Å². The fourth-order valence-corrected chi connectivity index (χ4v) is 3.05. The summed E-state index contributed by atoms with van der Waals surface area (Å²) in [5, 5.41) is 3.34. The van der Waals surface area contributed by atoms with Crippen molar-refractivity contribution in [3.8, 4) is 0 Å². The van der Waals surface area contributed by atoms with Gasteiger partial charge in [0.2, 0.25) is 0 Å². The first-order valence-electron chi connectivity index (χ1n) is 5.95. The lowest BCUT2D eigenvalue weighted by molar-refractivity contribution is 0.197. The molecule has 1 aromatic carbocycles. The van der Waals surface area contributed by atoms with Gasteiger partial charge in [-0.05, 0) is 30.8 Å². The van der Waals surface area contributed by atoms with E-state index in [4.69, 9.17) is 4.74 Å². The Hall–Kier alpha value is 0.0600. The Bertz CT molecular complexity index is 341. The van der Waals surface area contributed by atoms with Gasteiger partial charge in [0, 0.05) is 42.2 Å². The summed E-state index contributed by atoms with van der Waals surface area (Å²) < 4.78 is 7.20. The zero-order valence-corrected chi connectivity index (χ0v) is 14.1. The van der Waals surface area contributed by atoms with E-state index in [1.165, 1.54) is 5.56 Å². The molecule has 102 valence electrons. The number of ether oxygens (including phenoxy) is 1. The van der Waals surface area contributed by atoms with Gasteiger partial charge in [0.25, 0.3) is 0 Å². The second kappa shape index (κ2) is 9.04. The second-order valence-electron chi connectivity index (χ2n) is 4.26. The molecule has 0 saturated heterocycles. The summed E-state index contributed by atoms with van der Waals surface area (Å²) in [7, 11) is 3.85. The first-order valence-corrected chi connectivity index (χ1v) is 7.53. The first kappa shape index (κ1) is 16.1. The Morgan fingerprint density at radius 2 is 1.83 bits per heavy atom. The van der Waals surface area contributed by atoms with Crippen LogP contribution in [-0.4, -0.2) is 45.3 Å². The molecule has 5 heteroatoms. The summed E-state index contributed by atoms with van der Waals surface area (Å²) in [5.74, 6) is 0. The second-order valence-corrected chi connectivity index (χ2v) is 6.09. The van der Waals surface area contributed by atoms with Gasteiger partial charge in [0.1, 0.15) is 0 Å². The highest BCUT2D eigenvalue weighted by Crippen LogP contribution is 2.20. The smallest absolute Gasteiger partial charge is 0.0587 e. The van der Waals surface area contributed by atoms with Gasteiger partial charge in [-0.25, -0.2) is 0 Å². The lowest BCUT2D eigenvalue weighted by Crippen LogP contribution is -2.30. The molecule has 0 aliphatic carbocycles. The van der Waals surface area contributed by atoms with Gasteiger partial charge in [-0.2, -0.15) is 0 Å². The van der Waals surface area contributed by atoms with Crippen LogP contribution in [0, 0.1) is 0 Å². The topological polar surface area (TPSA) is 24.5 Å². The molecule has 0 bridgehead atoms. The van der Waals surface area contributed by atoms with Crippen LogP contribution in [0.15, 0.2) is 27.1 Å². The highest BCUT2D eigenvalue weighted by molar-refractivity contribution is 9.11. The summed E-state index contributed by atoms with van der Waals surface area (Å²) in [6.45, 7) is 4.63. The zero-order chi connectivity index (χ0) is 13.4. The van der Waals surface area contributed by atoms with Crippen molar-refractivity contribution in [2.24, 2.45) is 0 Å². The number of methoxy groups -OCH3 is 1. The van der Waals surface area contributed by atoms with Crippen molar-refractivity contribution in [1.82, 2.24) is 10.2 Å². The molecule has 3 nitrogen and oxygen atoms in total. The molecule has 0 aliphatic heterocycles. The van der Waals surface area contributed by atoms with Crippen molar-refractivity contribution in [2.75, 3.05) is 40.4 Å². The maximum Gasteiger partial charge on any atom is 0.0587 e. The predicted octanol–water partition coefficient (Wildman–Crippen LogP) is 2.88. The van der Waals surface area contributed by atoms with Crippen molar-refractivity contribution in [3.63, 3.8) is 0 Å². The highest BCUT2D eigenvalue weighted by Gasteiger charge is 2.02. The van der Waals surface area contributed by atoms with E-state index in [0.29, 0.717) is 0 Å². The van der Waals surface area contributed by atoms with Crippen LogP contribution in [-0.2, 0) is 11.3 Å². The van der Waals surface area contributed by atoms with E-state index in [0.717, 1.165) is 41.7 Å². The number of rotatable bonds is 8. The van der Waals surface area contributed by atoms with Gasteiger partial charge in [-0.1, -0.05) is 31.9 Å². The maximum absolute atomic E-state index is 4.98. The normalized spacial score (nSPS) is 11.2. The number of hydrogen-bond acceptors (Lipinski definition) is 3. The van der Waals surface area contributed by atoms with E-state index in [-0.39, 0.29) is 0 Å². The average Bonchev–Trinajstić information content (AvgIpc) is 2.27. The minimum atomic E-state index is 0.766. The Balaban J connectivity index is 2.28. The van der Waals surface area contributed by atoms with Crippen LogP contribution in [0.1, 0.15) is 5.56 Å². The Morgan fingerprint density at radius 3 is 2.44 bits per heavy atom. The van der Waals surface area contributed by atoms with E-state index in [2.05, 4.69) is 67.3 Å². The Kier molecular flexibility index (Phi) is 8.10. The molecule has 1 rings (SSSR count). The molecule has 1 N–H and O–H groups in total. The van der Waals surface area contributed by atoms with Crippen molar-refractivity contribution >= 4 is 31.9 Å². The summed E-state index contributed by atoms with van der Waals surface area (Å²) in [5.41, 5.74) is 1.30. The fourth-order valence-electron chi connectivity index (χ4n) is 1.66. The summed E-state index contributed by atoms with van der Waals surface area (Å²) in [6.07, 6.45) is 0. The molecule has 0 heterocycles. The van der Waals surface area contributed by atoms with Crippen molar-refractivity contribution in [3.05, 3.63) is 32.7 Å². The van der Waals surface area contributed by atoms with Crippen LogP contribution in [0.5, 0.6) is 0 Å². The molecule has 0 unspecified atom stereocenters. The van der Waals surface area contributed by atoms with E-state index < -0.39 is 0 Å². The van der Waals surface area contributed by atoms with Gasteiger partial charge in [-0.15, -0.1) is 0 Å². The molecule has 18 heavy (non-hydrogen) atoms. The quantitative estimate of drug-likeness (QED) is 0.703. The molecule has 0 aromatic heterocycles. The number of nitrogens with one attached hydrogen (secondary N) is 1. The SMILES string of the molecule is COCCNCCN(C)Cc1cc(Br)cc(Br)c1. The summed E-state index contributed by atoms with van der Waals surface area (Å²) in [6, 6.07) is 6.36. The largest absolute Gasteiger partial charge is 0.383 e.